The van der Waals surface area contributed by atoms with Crippen molar-refractivity contribution in [2.45, 2.75) is 65.7 Å². The van der Waals surface area contributed by atoms with E-state index in [1.54, 1.807) is 6.92 Å². The molecular weight excluding hydrogens is 416 g/mol. The highest BCUT2D eigenvalue weighted by Crippen LogP contribution is 2.66. The summed E-state index contributed by atoms with van der Waals surface area (Å²) in [6.45, 7) is 6.35. The highest BCUT2D eigenvalue weighted by atomic mass is 32.1. The SMILES string of the molecule is CC(=O)C1=C(C(=S=O)c2ccccc2)C[C@H]2[C@@H]3CCC4=CC(=O)CC[C@]4(C)[C@H]3CC[C@]12C. The van der Waals surface area contributed by atoms with E-state index in [0.29, 0.717) is 35.4 Å². The Morgan fingerprint density at radius 1 is 1.00 bits per heavy atom. The molecule has 0 aliphatic heterocycles. The summed E-state index contributed by atoms with van der Waals surface area (Å²) in [4.78, 5) is 25.9. The van der Waals surface area contributed by atoms with Crippen LogP contribution in [0, 0.1) is 28.6 Å². The van der Waals surface area contributed by atoms with E-state index in [4.69, 9.17) is 0 Å². The maximum Gasteiger partial charge on any atom is 0.156 e. The largest absolute Gasteiger partial charge is 0.295 e. The fourth-order valence-corrected chi connectivity index (χ4v) is 8.43. The van der Waals surface area contributed by atoms with Crippen LogP contribution < -0.4 is 0 Å². The molecule has 5 atom stereocenters. The maximum atomic E-state index is 13.0. The average Bonchev–Trinajstić information content (AvgIpc) is 3.08. The molecule has 32 heavy (non-hydrogen) atoms. The van der Waals surface area contributed by atoms with Crippen molar-refractivity contribution < 1.29 is 13.8 Å². The van der Waals surface area contributed by atoms with E-state index in [1.807, 2.05) is 36.4 Å². The van der Waals surface area contributed by atoms with Gasteiger partial charge in [0.05, 0.1) is 16.1 Å². The summed E-state index contributed by atoms with van der Waals surface area (Å²) in [5.74, 6) is 1.88. The van der Waals surface area contributed by atoms with Crippen LogP contribution in [0.2, 0.25) is 0 Å². The minimum atomic E-state index is -0.167. The van der Waals surface area contributed by atoms with Crippen molar-refractivity contribution in [1.29, 1.82) is 0 Å². The number of allylic oxidation sites excluding steroid dienone is 4. The second-order valence-corrected chi connectivity index (χ2v) is 11.4. The Kier molecular flexibility index (Phi) is 5.28. The second-order valence-electron chi connectivity index (χ2n) is 10.8. The summed E-state index contributed by atoms with van der Waals surface area (Å²) >= 11 is 0.543. The van der Waals surface area contributed by atoms with Crippen LogP contribution in [0.3, 0.4) is 0 Å². The van der Waals surface area contributed by atoms with Crippen molar-refractivity contribution in [1.82, 2.24) is 0 Å². The number of hydrogen-bond donors (Lipinski definition) is 0. The normalized spacial score (nSPS) is 36.0. The van der Waals surface area contributed by atoms with Crippen LogP contribution in [0.1, 0.15) is 71.3 Å². The smallest absolute Gasteiger partial charge is 0.156 e. The standard InChI is InChI=1S/C28H32O3S/c1-17(29)25-22(26(32-31)18-7-5-4-6-8-18)16-24-21-10-9-19-15-20(30)11-13-27(19,2)23(21)12-14-28(24,25)3/h4-8,15,21,23-24H,9-14,16H2,1-3H3/t21-,23+,24+,27+,28+/m1/s1. The van der Waals surface area contributed by atoms with Crippen LogP contribution in [0.5, 0.6) is 0 Å². The van der Waals surface area contributed by atoms with Gasteiger partial charge >= 0.3 is 0 Å². The lowest BCUT2D eigenvalue weighted by atomic mass is 9.47. The summed E-state index contributed by atoms with van der Waals surface area (Å²) in [6, 6.07) is 9.84. The molecule has 0 spiro atoms. The van der Waals surface area contributed by atoms with Crippen molar-refractivity contribution in [2.75, 3.05) is 0 Å². The van der Waals surface area contributed by atoms with Gasteiger partial charge in [0.1, 0.15) is 0 Å². The Morgan fingerprint density at radius 3 is 2.44 bits per heavy atom. The Morgan fingerprint density at radius 2 is 1.75 bits per heavy atom. The number of rotatable bonds is 3. The molecule has 3 nitrogen and oxygen atoms in total. The molecule has 5 rings (SSSR count). The van der Waals surface area contributed by atoms with Crippen molar-refractivity contribution >= 4 is 27.7 Å². The van der Waals surface area contributed by atoms with Crippen molar-refractivity contribution in [2.24, 2.45) is 28.6 Å². The molecule has 0 bridgehead atoms. The summed E-state index contributed by atoms with van der Waals surface area (Å²) in [5.41, 5.74) is 4.14. The summed E-state index contributed by atoms with van der Waals surface area (Å²) in [5, 5.41) is 0. The first-order chi connectivity index (χ1) is 15.3. The Labute approximate surface area is 194 Å². The molecule has 0 amide bonds. The van der Waals surface area contributed by atoms with Gasteiger partial charge in [0.25, 0.3) is 0 Å². The van der Waals surface area contributed by atoms with Crippen LogP contribution in [0.25, 0.3) is 0 Å². The number of hydrogen-bond acceptors (Lipinski definition) is 3. The maximum absolute atomic E-state index is 13.0. The van der Waals surface area contributed by atoms with Crippen molar-refractivity contribution in [3.8, 4) is 0 Å². The third-order valence-electron chi connectivity index (χ3n) is 9.39. The molecule has 0 aromatic heterocycles. The highest BCUT2D eigenvalue weighted by Gasteiger charge is 2.59. The number of Topliss-reactive ketones (excluding diaryl/α,β-unsaturated/α-hetero) is 1. The van der Waals surface area contributed by atoms with Gasteiger partial charge < -0.3 is 0 Å². The van der Waals surface area contributed by atoms with Gasteiger partial charge in [-0.15, -0.1) is 0 Å². The summed E-state index contributed by atoms with van der Waals surface area (Å²) in [7, 11) is 0. The molecule has 0 unspecified atom stereocenters. The van der Waals surface area contributed by atoms with E-state index in [2.05, 4.69) is 13.8 Å². The molecular formula is C28H32O3S. The fraction of sp³-hybridized carbons (Fsp3) is 0.536. The van der Waals surface area contributed by atoms with E-state index in [0.717, 1.165) is 60.1 Å². The molecule has 0 radical (unpaired) electrons. The fourth-order valence-electron chi connectivity index (χ4n) is 7.92. The van der Waals surface area contributed by atoms with E-state index >= 15 is 0 Å². The topological polar surface area (TPSA) is 51.2 Å². The van der Waals surface area contributed by atoms with Crippen molar-refractivity contribution in [3.05, 3.63) is 58.7 Å². The predicted molar refractivity (Wildman–Crippen MR) is 128 cm³/mol. The van der Waals surface area contributed by atoms with Crippen LogP contribution >= 0.6 is 0 Å². The Bertz CT molecular complexity index is 1110. The molecule has 0 N–H and O–H groups in total. The van der Waals surface area contributed by atoms with Gasteiger partial charge in [-0.05, 0) is 91.2 Å². The molecule has 4 aliphatic rings. The highest BCUT2D eigenvalue weighted by molar-refractivity contribution is 7.67. The first kappa shape index (κ1) is 21.8. The zero-order chi connectivity index (χ0) is 22.7. The molecule has 2 saturated carbocycles. The lowest BCUT2D eigenvalue weighted by molar-refractivity contribution is -0.118. The molecule has 168 valence electrons. The number of carbonyl (C=O) groups excluding carboxylic acids is 2. The van der Waals surface area contributed by atoms with Crippen LogP contribution in [0.15, 0.2) is 53.1 Å². The number of carbonyl (C=O) groups is 2. The first-order valence-corrected chi connectivity index (χ1v) is 12.7. The second kappa shape index (κ2) is 7.76. The molecule has 1 aromatic rings. The van der Waals surface area contributed by atoms with E-state index in [1.165, 1.54) is 5.57 Å². The Hall–Kier alpha value is -2.07. The predicted octanol–water partition coefficient (Wildman–Crippen LogP) is 5.45. The third kappa shape index (κ3) is 3.09. The monoisotopic (exact) mass is 448 g/mol. The number of ketones is 2. The van der Waals surface area contributed by atoms with Gasteiger partial charge in [-0.1, -0.05) is 49.8 Å². The van der Waals surface area contributed by atoms with Gasteiger partial charge in [0.15, 0.2) is 11.6 Å². The van der Waals surface area contributed by atoms with Gasteiger partial charge in [0.2, 0.25) is 0 Å². The average molecular weight is 449 g/mol. The molecule has 1 aromatic carbocycles. The summed E-state index contributed by atoms with van der Waals surface area (Å²) in [6.07, 6.45) is 8.54. The first-order valence-electron chi connectivity index (χ1n) is 12.0. The molecule has 0 saturated heterocycles. The third-order valence-corrected chi connectivity index (χ3v) is 10.0. The zero-order valence-corrected chi connectivity index (χ0v) is 20.1. The quantitative estimate of drug-likeness (QED) is 0.456. The zero-order valence-electron chi connectivity index (χ0n) is 19.3. The van der Waals surface area contributed by atoms with Gasteiger partial charge in [0, 0.05) is 12.0 Å². The molecule has 0 heterocycles. The van der Waals surface area contributed by atoms with E-state index < -0.39 is 0 Å². The van der Waals surface area contributed by atoms with E-state index in [-0.39, 0.29) is 22.4 Å². The number of fused-ring (bicyclic) bond motifs is 5. The van der Waals surface area contributed by atoms with Gasteiger partial charge in [-0.3, -0.25) is 9.59 Å². The summed E-state index contributed by atoms with van der Waals surface area (Å²) < 4.78 is 12.3. The van der Waals surface area contributed by atoms with Gasteiger partial charge in [-0.25, -0.2) is 4.21 Å². The van der Waals surface area contributed by atoms with Crippen LogP contribution in [0.4, 0.5) is 0 Å². The lowest BCUT2D eigenvalue weighted by Crippen LogP contribution is -2.50. The van der Waals surface area contributed by atoms with Crippen LogP contribution in [-0.4, -0.2) is 20.6 Å². The van der Waals surface area contributed by atoms with Gasteiger partial charge in [-0.2, -0.15) is 0 Å². The number of benzene rings is 1. The van der Waals surface area contributed by atoms with E-state index in [9.17, 15) is 13.8 Å². The lowest BCUT2D eigenvalue weighted by Gasteiger charge is -2.57. The minimum absolute atomic E-state index is 0.108. The molecule has 2 fully saturated rings. The molecule has 4 aliphatic carbocycles. The molecule has 4 heteroatoms. The Balaban J connectivity index is 1.56. The van der Waals surface area contributed by atoms with Crippen LogP contribution in [-0.2, 0) is 20.8 Å². The van der Waals surface area contributed by atoms with Crippen molar-refractivity contribution in [3.63, 3.8) is 0 Å². The minimum Gasteiger partial charge on any atom is -0.295 e.